The molecule has 0 aliphatic rings. The lowest BCUT2D eigenvalue weighted by Gasteiger charge is -2.13. The van der Waals surface area contributed by atoms with Gasteiger partial charge in [-0.25, -0.2) is 0 Å². The molecule has 0 saturated heterocycles. The van der Waals surface area contributed by atoms with Crippen LogP contribution in [0.1, 0.15) is 18.4 Å². The molecule has 1 aromatic rings. The van der Waals surface area contributed by atoms with Crippen molar-refractivity contribution < 1.29 is 14.3 Å². The van der Waals surface area contributed by atoms with E-state index in [1.165, 1.54) is 24.4 Å². The van der Waals surface area contributed by atoms with Gasteiger partial charge in [0.15, 0.2) is 0 Å². The molecular weight excluding hydrogens is 288 g/mol. The number of hydrogen-bond donors (Lipinski definition) is 2. The Bertz CT molecular complexity index is 453. The summed E-state index contributed by atoms with van der Waals surface area (Å²) in [7, 11) is 1.30. The van der Waals surface area contributed by atoms with Crippen LogP contribution in [0, 0.1) is 0 Å². The number of carbonyl (C=O) groups excluding carboxylic acids is 2. The molecule has 21 heavy (non-hydrogen) atoms. The van der Waals surface area contributed by atoms with Crippen LogP contribution in [0.3, 0.4) is 0 Å². The number of hydrogen-bond acceptors (Lipinski definition) is 5. The van der Waals surface area contributed by atoms with Gasteiger partial charge in [0.2, 0.25) is 5.91 Å². The third-order valence-corrected chi connectivity index (χ3v) is 4.07. The predicted octanol–water partition coefficient (Wildman–Crippen LogP) is 1.14. The minimum Gasteiger partial charge on any atom is -0.468 e. The molecule has 0 bridgehead atoms. The van der Waals surface area contributed by atoms with E-state index in [4.69, 9.17) is 5.73 Å². The molecule has 0 fully saturated rings. The number of benzene rings is 1. The molecule has 3 N–H and O–H groups in total. The van der Waals surface area contributed by atoms with Gasteiger partial charge in [0, 0.05) is 12.3 Å². The van der Waals surface area contributed by atoms with Gasteiger partial charge in [0.1, 0.15) is 6.04 Å². The molecule has 0 saturated carbocycles. The summed E-state index contributed by atoms with van der Waals surface area (Å²) in [5.41, 5.74) is 6.78. The van der Waals surface area contributed by atoms with Crippen LogP contribution in [-0.2, 0) is 14.3 Å². The van der Waals surface area contributed by atoms with Crippen molar-refractivity contribution in [1.29, 1.82) is 0 Å². The number of rotatable bonds is 8. The summed E-state index contributed by atoms with van der Waals surface area (Å²) in [6.45, 7) is 2.66. The first-order valence-electron chi connectivity index (χ1n) is 6.77. The maximum Gasteiger partial charge on any atom is 0.323 e. The van der Waals surface area contributed by atoms with Crippen LogP contribution in [0.5, 0.6) is 0 Å². The highest BCUT2D eigenvalue weighted by atomic mass is 32.2. The maximum absolute atomic E-state index is 11.7. The van der Waals surface area contributed by atoms with Crippen molar-refractivity contribution in [3.8, 4) is 0 Å². The second kappa shape index (κ2) is 9.41. The van der Waals surface area contributed by atoms with Gasteiger partial charge in [-0.05, 0) is 11.5 Å². The van der Waals surface area contributed by atoms with Crippen LogP contribution in [0.25, 0.3) is 0 Å². The minimum atomic E-state index is -0.684. The first-order chi connectivity index (χ1) is 10.0. The van der Waals surface area contributed by atoms with Crippen molar-refractivity contribution in [3.63, 3.8) is 0 Å². The zero-order chi connectivity index (χ0) is 15.7. The van der Waals surface area contributed by atoms with Crippen LogP contribution in [0.15, 0.2) is 30.3 Å². The minimum absolute atomic E-state index is 0.0557. The zero-order valence-corrected chi connectivity index (χ0v) is 13.2. The van der Waals surface area contributed by atoms with E-state index in [1.54, 1.807) is 0 Å². The monoisotopic (exact) mass is 310 g/mol. The molecule has 0 spiro atoms. The average molecular weight is 310 g/mol. The van der Waals surface area contributed by atoms with Gasteiger partial charge in [-0.3, -0.25) is 9.59 Å². The van der Waals surface area contributed by atoms with Crippen molar-refractivity contribution >= 4 is 23.6 Å². The highest BCUT2D eigenvalue weighted by Crippen LogP contribution is 2.13. The highest BCUT2D eigenvalue weighted by Gasteiger charge is 2.14. The molecule has 0 aliphatic heterocycles. The molecule has 1 amide bonds. The van der Waals surface area contributed by atoms with Gasteiger partial charge in [0.25, 0.3) is 0 Å². The largest absolute Gasteiger partial charge is 0.468 e. The number of nitrogens with one attached hydrogen (secondary N) is 1. The van der Waals surface area contributed by atoms with Crippen molar-refractivity contribution in [1.82, 2.24) is 5.32 Å². The Morgan fingerprint density at radius 2 is 2.00 bits per heavy atom. The number of carbonyl (C=O) groups is 2. The molecule has 0 radical (unpaired) electrons. The molecule has 116 valence electrons. The Labute approximate surface area is 129 Å². The topological polar surface area (TPSA) is 81.4 Å². The molecule has 1 rings (SSSR count). The molecule has 0 aromatic heterocycles. The van der Waals surface area contributed by atoms with Crippen LogP contribution >= 0.6 is 11.8 Å². The summed E-state index contributed by atoms with van der Waals surface area (Å²) in [4.78, 5) is 22.8. The molecular formula is C15H22N2O3S. The van der Waals surface area contributed by atoms with Crippen LogP contribution in [-0.4, -0.2) is 43.1 Å². The molecule has 0 aliphatic carbocycles. The number of amides is 1. The average Bonchev–Trinajstić information content (AvgIpc) is 2.52. The number of esters is 1. The molecule has 6 heteroatoms. The summed E-state index contributed by atoms with van der Waals surface area (Å²) < 4.78 is 4.52. The van der Waals surface area contributed by atoms with Crippen LogP contribution < -0.4 is 11.1 Å². The summed E-state index contributed by atoms with van der Waals surface area (Å²) in [5, 5.41) is 2.88. The lowest BCUT2D eigenvalue weighted by atomic mass is 10.0. The fourth-order valence-electron chi connectivity index (χ4n) is 1.72. The number of thioether (sulfide) groups is 1. The van der Waals surface area contributed by atoms with E-state index in [2.05, 4.69) is 17.0 Å². The summed E-state index contributed by atoms with van der Waals surface area (Å²) >= 11 is 1.32. The van der Waals surface area contributed by atoms with E-state index in [1.807, 2.05) is 30.3 Å². The Morgan fingerprint density at radius 3 is 2.62 bits per heavy atom. The third kappa shape index (κ3) is 6.64. The van der Waals surface area contributed by atoms with E-state index in [9.17, 15) is 9.59 Å². The van der Waals surface area contributed by atoms with E-state index < -0.39 is 12.0 Å². The number of methoxy groups -OCH3 is 1. The summed E-state index contributed by atoms with van der Waals surface area (Å²) in [5.74, 6) is 0.401. The van der Waals surface area contributed by atoms with E-state index in [0.29, 0.717) is 12.3 Å². The molecule has 0 heterocycles. The standard InChI is InChI=1S/C15H22N2O3S/c1-11(12-6-4-3-5-7-12)8-17-14(18)10-21-9-13(16)15(19)20-2/h3-7,11,13H,8-10,16H2,1-2H3,(H,17,18). The third-order valence-electron chi connectivity index (χ3n) is 3.01. The van der Waals surface area contributed by atoms with Crippen molar-refractivity contribution in [2.24, 2.45) is 5.73 Å². The quantitative estimate of drug-likeness (QED) is 0.704. The van der Waals surface area contributed by atoms with Gasteiger partial charge < -0.3 is 15.8 Å². The molecule has 5 nitrogen and oxygen atoms in total. The van der Waals surface area contributed by atoms with Gasteiger partial charge in [-0.15, -0.1) is 11.8 Å². The van der Waals surface area contributed by atoms with Crippen LogP contribution in [0.4, 0.5) is 0 Å². The van der Waals surface area contributed by atoms with Crippen molar-refractivity contribution in [2.45, 2.75) is 18.9 Å². The van der Waals surface area contributed by atoms with Gasteiger partial charge >= 0.3 is 5.97 Å². The normalized spacial score (nSPS) is 13.3. The smallest absolute Gasteiger partial charge is 0.323 e. The summed E-state index contributed by atoms with van der Waals surface area (Å²) in [6.07, 6.45) is 0. The second-order valence-electron chi connectivity index (χ2n) is 4.76. The van der Waals surface area contributed by atoms with Crippen molar-refractivity contribution in [2.75, 3.05) is 25.2 Å². The predicted molar refractivity (Wildman–Crippen MR) is 85.2 cm³/mol. The van der Waals surface area contributed by atoms with Gasteiger partial charge in [-0.1, -0.05) is 37.3 Å². The highest BCUT2D eigenvalue weighted by molar-refractivity contribution is 8.00. The lowest BCUT2D eigenvalue weighted by molar-refractivity contribution is -0.141. The Morgan fingerprint density at radius 1 is 1.33 bits per heavy atom. The fraction of sp³-hybridized carbons (Fsp3) is 0.467. The number of nitrogens with two attached hydrogens (primary N) is 1. The van der Waals surface area contributed by atoms with E-state index in [-0.39, 0.29) is 17.6 Å². The maximum atomic E-state index is 11.7. The molecule has 2 unspecified atom stereocenters. The Kier molecular flexibility index (Phi) is 7.85. The first kappa shape index (κ1) is 17.5. The molecule has 2 atom stereocenters. The lowest BCUT2D eigenvalue weighted by Crippen LogP contribution is -2.35. The van der Waals surface area contributed by atoms with E-state index in [0.717, 1.165) is 0 Å². The fourth-order valence-corrected chi connectivity index (χ4v) is 2.51. The van der Waals surface area contributed by atoms with Gasteiger partial charge in [-0.2, -0.15) is 0 Å². The van der Waals surface area contributed by atoms with Crippen molar-refractivity contribution in [3.05, 3.63) is 35.9 Å². The number of ether oxygens (including phenoxy) is 1. The first-order valence-corrected chi connectivity index (χ1v) is 7.92. The van der Waals surface area contributed by atoms with E-state index >= 15 is 0 Å². The Hall–Kier alpha value is -1.53. The zero-order valence-electron chi connectivity index (χ0n) is 12.4. The summed E-state index contributed by atoms with van der Waals surface area (Å²) in [6, 6.07) is 9.34. The second-order valence-corrected chi connectivity index (χ2v) is 5.79. The SMILES string of the molecule is COC(=O)C(N)CSCC(=O)NCC(C)c1ccccc1. The van der Waals surface area contributed by atoms with Crippen LogP contribution in [0.2, 0.25) is 0 Å². The Balaban J connectivity index is 2.21. The molecule has 1 aromatic carbocycles. The van der Waals surface area contributed by atoms with Gasteiger partial charge in [0.05, 0.1) is 12.9 Å².